The first-order valence-corrected chi connectivity index (χ1v) is 7.06. The molecule has 0 radical (unpaired) electrons. The summed E-state index contributed by atoms with van der Waals surface area (Å²) in [6, 6.07) is 15.3. The minimum absolute atomic E-state index is 0.0843. The number of alkyl halides is 3. The van der Waals surface area contributed by atoms with Crippen molar-refractivity contribution < 1.29 is 18.0 Å². The highest BCUT2D eigenvalue weighted by Gasteiger charge is 2.36. The summed E-state index contributed by atoms with van der Waals surface area (Å²) in [5.74, 6) is -1.91. The molecule has 0 unspecified atom stereocenters. The average molecular weight is 370 g/mol. The maximum absolute atomic E-state index is 12.5. The van der Waals surface area contributed by atoms with Crippen LogP contribution in [0.2, 0.25) is 0 Å². The van der Waals surface area contributed by atoms with E-state index in [9.17, 15) is 18.0 Å². The number of ketones is 1. The van der Waals surface area contributed by atoms with Crippen molar-refractivity contribution in [3.8, 4) is 0 Å². The topological polar surface area (TPSA) is 29.1 Å². The molecule has 0 aliphatic carbocycles. The van der Waals surface area contributed by atoms with Gasteiger partial charge >= 0.3 is 6.18 Å². The van der Waals surface area contributed by atoms with E-state index in [1.54, 1.807) is 54.6 Å². The predicted molar refractivity (Wildman–Crippen MR) is 83.2 cm³/mol. The average Bonchev–Trinajstić information content (AvgIpc) is 2.47. The Hall–Kier alpha value is -2.08. The van der Waals surface area contributed by atoms with Gasteiger partial charge in [0.05, 0.1) is 0 Å². The number of benzene rings is 2. The van der Waals surface area contributed by atoms with Crippen molar-refractivity contribution in [3.63, 3.8) is 0 Å². The highest BCUT2D eigenvalue weighted by atomic mass is 79.9. The molecule has 1 N–H and O–H groups in total. The molecule has 0 saturated carbocycles. The van der Waals surface area contributed by atoms with Crippen molar-refractivity contribution in [3.05, 3.63) is 70.7 Å². The SMILES string of the molecule is O=C(/C=C(/Nc1ccccc1)c1ccc(Br)cc1)C(F)(F)F. The molecule has 0 fully saturated rings. The van der Waals surface area contributed by atoms with Crippen molar-refractivity contribution in [1.29, 1.82) is 0 Å². The monoisotopic (exact) mass is 369 g/mol. The smallest absolute Gasteiger partial charge is 0.355 e. The van der Waals surface area contributed by atoms with E-state index in [4.69, 9.17) is 0 Å². The van der Waals surface area contributed by atoms with Crippen LogP contribution < -0.4 is 5.32 Å². The van der Waals surface area contributed by atoms with Gasteiger partial charge in [-0.05, 0) is 29.8 Å². The van der Waals surface area contributed by atoms with Crippen LogP contribution in [-0.4, -0.2) is 12.0 Å². The molecule has 0 aliphatic rings. The minimum atomic E-state index is -4.90. The fourth-order valence-electron chi connectivity index (χ4n) is 1.71. The quantitative estimate of drug-likeness (QED) is 0.765. The standard InChI is InChI=1S/C16H11BrF3NO/c17-12-8-6-11(7-9-12)14(10-15(22)16(18,19)20)21-13-4-2-1-3-5-13/h1-10,21H/b14-10+. The van der Waals surface area contributed by atoms with Gasteiger partial charge in [0.2, 0.25) is 0 Å². The molecule has 2 rings (SSSR count). The number of rotatable bonds is 4. The Morgan fingerprint density at radius 3 is 2.14 bits per heavy atom. The van der Waals surface area contributed by atoms with Crippen molar-refractivity contribution in [2.75, 3.05) is 5.32 Å². The third-order valence-electron chi connectivity index (χ3n) is 2.76. The first-order chi connectivity index (χ1) is 10.4. The van der Waals surface area contributed by atoms with Crippen molar-refractivity contribution >= 4 is 33.1 Å². The van der Waals surface area contributed by atoms with E-state index in [1.165, 1.54) is 0 Å². The van der Waals surface area contributed by atoms with E-state index >= 15 is 0 Å². The fraction of sp³-hybridized carbons (Fsp3) is 0.0625. The van der Waals surface area contributed by atoms with E-state index in [0.29, 0.717) is 17.3 Å². The molecule has 0 atom stereocenters. The summed E-state index contributed by atoms with van der Waals surface area (Å²) in [6.07, 6.45) is -4.34. The molecule has 2 nitrogen and oxygen atoms in total. The van der Waals surface area contributed by atoms with Gasteiger partial charge in [0.15, 0.2) is 0 Å². The molecule has 0 heterocycles. The summed E-state index contributed by atoms with van der Waals surface area (Å²) >= 11 is 3.26. The Morgan fingerprint density at radius 2 is 1.59 bits per heavy atom. The second kappa shape index (κ2) is 6.79. The first kappa shape index (κ1) is 16.3. The maximum Gasteiger partial charge on any atom is 0.454 e. The molecule has 0 aliphatic heterocycles. The number of anilines is 1. The zero-order chi connectivity index (χ0) is 16.2. The van der Waals surface area contributed by atoms with Gasteiger partial charge in [0, 0.05) is 21.9 Å². The van der Waals surface area contributed by atoms with E-state index in [-0.39, 0.29) is 5.70 Å². The van der Waals surface area contributed by atoms with Crippen LogP contribution in [0.25, 0.3) is 5.70 Å². The van der Waals surface area contributed by atoms with Crippen LogP contribution in [0.3, 0.4) is 0 Å². The summed E-state index contributed by atoms with van der Waals surface area (Å²) in [5.41, 5.74) is 1.15. The Balaban J connectivity index is 2.38. The van der Waals surface area contributed by atoms with Crippen LogP contribution in [0.5, 0.6) is 0 Å². The summed E-state index contributed by atoms with van der Waals surface area (Å²) in [7, 11) is 0. The summed E-state index contributed by atoms with van der Waals surface area (Å²) < 4.78 is 38.3. The lowest BCUT2D eigenvalue weighted by Crippen LogP contribution is -2.21. The second-order valence-electron chi connectivity index (χ2n) is 4.42. The Kier molecular flexibility index (Phi) is 5.03. The largest absolute Gasteiger partial charge is 0.454 e. The Morgan fingerprint density at radius 1 is 1.00 bits per heavy atom. The van der Waals surface area contributed by atoms with Crippen molar-refractivity contribution in [2.24, 2.45) is 0 Å². The number of hydrogen-bond acceptors (Lipinski definition) is 2. The molecule has 0 saturated heterocycles. The van der Waals surface area contributed by atoms with Gasteiger partial charge in [0.25, 0.3) is 5.78 Å². The van der Waals surface area contributed by atoms with Gasteiger partial charge in [-0.2, -0.15) is 13.2 Å². The lowest BCUT2D eigenvalue weighted by molar-refractivity contribution is -0.165. The zero-order valence-electron chi connectivity index (χ0n) is 11.2. The lowest BCUT2D eigenvalue weighted by atomic mass is 10.1. The van der Waals surface area contributed by atoms with E-state index in [1.807, 2.05) is 0 Å². The Labute approximate surface area is 133 Å². The molecule has 0 amide bonds. The van der Waals surface area contributed by atoms with E-state index in [0.717, 1.165) is 4.47 Å². The molecule has 0 spiro atoms. The molecule has 0 aromatic heterocycles. The normalized spacial score (nSPS) is 12.1. The van der Waals surface area contributed by atoms with Gasteiger partial charge in [-0.1, -0.05) is 46.3 Å². The third kappa shape index (κ3) is 4.46. The number of para-hydroxylation sites is 1. The Bertz CT molecular complexity index is 679. The van der Waals surface area contributed by atoms with Crippen LogP contribution >= 0.6 is 15.9 Å². The lowest BCUT2D eigenvalue weighted by Gasteiger charge is -2.12. The summed E-state index contributed by atoms with van der Waals surface area (Å²) in [4.78, 5) is 11.3. The number of carbonyl (C=O) groups is 1. The molecule has 2 aromatic carbocycles. The van der Waals surface area contributed by atoms with Crippen LogP contribution in [0.4, 0.5) is 18.9 Å². The van der Waals surface area contributed by atoms with Crippen molar-refractivity contribution in [1.82, 2.24) is 0 Å². The predicted octanol–water partition coefficient (Wildman–Crippen LogP) is 5.03. The van der Waals surface area contributed by atoms with E-state index < -0.39 is 12.0 Å². The summed E-state index contributed by atoms with van der Waals surface area (Å²) in [6.45, 7) is 0. The number of halogens is 4. The second-order valence-corrected chi connectivity index (χ2v) is 5.33. The van der Waals surface area contributed by atoms with Crippen LogP contribution in [-0.2, 0) is 4.79 Å². The molecule has 6 heteroatoms. The van der Waals surface area contributed by atoms with Gasteiger partial charge < -0.3 is 5.32 Å². The zero-order valence-corrected chi connectivity index (χ0v) is 12.8. The van der Waals surface area contributed by atoms with Gasteiger partial charge in [-0.3, -0.25) is 4.79 Å². The summed E-state index contributed by atoms with van der Waals surface area (Å²) in [5, 5.41) is 2.84. The number of carbonyl (C=O) groups excluding carboxylic acids is 1. The molecule has 114 valence electrons. The van der Waals surface area contributed by atoms with Crippen LogP contribution in [0.15, 0.2) is 65.1 Å². The molecular formula is C16H11BrF3NO. The maximum atomic E-state index is 12.5. The molecular weight excluding hydrogens is 359 g/mol. The van der Waals surface area contributed by atoms with Gasteiger partial charge in [0.1, 0.15) is 0 Å². The third-order valence-corrected chi connectivity index (χ3v) is 3.29. The number of nitrogens with one attached hydrogen (secondary N) is 1. The molecule has 22 heavy (non-hydrogen) atoms. The molecule has 2 aromatic rings. The van der Waals surface area contributed by atoms with E-state index in [2.05, 4.69) is 21.2 Å². The van der Waals surface area contributed by atoms with Crippen molar-refractivity contribution in [2.45, 2.75) is 6.18 Å². The number of hydrogen-bond donors (Lipinski definition) is 1. The fourth-order valence-corrected chi connectivity index (χ4v) is 1.98. The van der Waals surface area contributed by atoms with Crippen LogP contribution in [0.1, 0.15) is 5.56 Å². The van der Waals surface area contributed by atoms with Gasteiger partial charge in [-0.25, -0.2) is 0 Å². The highest BCUT2D eigenvalue weighted by molar-refractivity contribution is 9.10. The minimum Gasteiger partial charge on any atom is -0.355 e. The number of allylic oxidation sites excluding steroid dienone is 1. The molecule has 0 bridgehead atoms. The van der Waals surface area contributed by atoms with Gasteiger partial charge in [-0.15, -0.1) is 0 Å². The first-order valence-electron chi connectivity index (χ1n) is 6.27. The highest BCUT2D eigenvalue weighted by Crippen LogP contribution is 2.24. The van der Waals surface area contributed by atoms with Crippen LogP contribution in [0, 0.1) is 0 Å².